The molecule has 0 aliphatic carbocycles. The average molecular weight is 547 g/mol. The van der Waals surface area contributed by atoms with Gasteiger partial charge in [0.2, 0.25) is 0 Å². The van der Waals surface area contributed by atoms with Gasteiger partial charge in [0.05, 0.1) is 0 Å². The Labute approximate surface area is 235 Å². The molecule has 2 aliphatic heterocycles. The highest BCUT2D eigenvalue weighted by molar-refractivity contribution is 5.93. The molecule has 0 radical (unpaired) electrons. The van der Waals surface area contributed by atoms with Crippen molar-refractivity contribution in [3.05, 3.63) is 83.9 Å². The molecule has 8 nitrogen and oxygen atoms in total. The largest absolute Gasteiger partial charge is 0.452 e. The van der Waals surface area contributed by atoms with Crippen LogP contribution in [0.4, 0.5) is 0 Å². The molecule has 2 aromatic rings. The average Bonchev–Trinajstić information content (AvgIpc) is 2.99. The number of ether oxygens (including phenoxy) is 2. The molecule has 2 amide bonds. The predicted octanol–water partition coefficient (Wildman–Crippen LogP) is 3.59. The molecule has 40 heavy (non-hydrogen) atoms. The first-order valence-corrected chi connectivity index (χ1v) is 14.1. The van der Waals surface area contributed by atoms with Gasteiger partial charge in [-0.1, -0.05) is 60.7 Å². The van der Waals surface area contributed by atoms with E-state index in [9.17, 15) is 19.2 Å². The van der Waals surface area contributed by atoms with Crippen LogP contribution in [0.1, 0.15) is 36.8 Å². The number of hydrogen-bond donors (Lipinski definition) is 0. The molecular formula is C32H38N2O6. The molecule has 2 aliphatic rings. The third-order valence-corrected chi connectivity index (χ3v) is 7.70. The fourth-order valence-electron chi connectivity index (χ4n) is 5.35. The predicted molar refractivity (Wildman–Crippen MR) is 150 cm³/mol. The van der Waals surface area contributed by atoms with Crippen LogP contribution in [0.2, 0.25) is 0 Å². The van der Waals surface area contributed by atoms with Crippen LogP contribution in [0.15, 0.2) is 72.8 Å². The fraction of sp³-hybridized carbons (Fsp3) is 0.438. The lowest BCUT2D eigenvalue weighted by molar-refractivity contribution is -0.150. The Kier molecular flexibility index (Phi) is 10.9. The van der Waals surface area contributed by atoms with E-state index in [2.05, 4.69) is 24.3 Å². The number of hydrogen-bond acceptors (Lipinski definition) is 6. The molecule has 2 heterocycles. The minimum atomic E-state index is -0.809. The number of piperidine rings is 2. The lowest BCUT2D eigenvalue weighted by Gasteiger charge is -2.32. The molecule has 0 spiro atoms. The second-order valence-electron chi connectivity index (χ2n) is 10.6. The number of amides is 2. The van der Waals surface area contributed by atoms with Crippen LogP contribution in [0.5, 0.6) is 0 Å². The Morgan fingerprint density at radius 1 is 0.600 bits per heavy atom. The molecule has 2 fully saturated rings. The number of likely N-dealkylation sites (tertiary alicyclic amines) is 2. The second-order valence-corrected chi connectivity index (χ2v) is 10.6. The summed E-state index contributed by atoms with van der Waals surface area (Å²) in [6.45, 7) is 1.79. The summed E-state index contributed by atoms with van der Waals surface area (Å²) in [4.78, 5) is 52.2. The lowest BCUT2D eigenvalue weighted by atomic mass is 9.90. The van der Waals surface area contributed by atoms with Crippen molar-refractivity contribution in [2.75, 3.05) is 39.4 Å². The number of nitrogens with zero attached hydrogens (tertiary/aromatic N) is 2. The SMILES string of the molecule is O=C(C=CC(=O)OCC(=O)N1CCC(Cc2ccccc2)CC1)OCC(=O)N1CCC(Cc2ccccc2)CC1. The summed E-state index contributed by atoms with van der Waals surface area (Å²) in [5.74, 6) is -1.06. The maximum absolute atomic E-state index is 12.4. The summed E-state index contributed by atoms with van der Waals surface area (Å²) < 4.78 is 10.0. The van der Waals surface area contributed by atoms with Crippen LogP contribution in [0, 0.1) is 11.8 Å². The molecule has 0 unspecified atom stereocenters. The van der Waals surface area contributed by atoms with E-state index in [0.717, 1.165) is 50.7 Å². The molecule has 0 saturated carbocycles. The van der Waals surface area contributed by atoms with E-state index < -0.39 is 11.9 Å². The van der Waals surface area contributed by atoms with Crippen molar-refractivity contribution in [2.45, 2.75) is 38.5 Å². The van der Waals surface area contributed by atoms with Gasteiger partial charge in [-0.25, -0.2) is 9.59 Å². The number of rotatable bonds is 10. The molecule has 0 atom stereocenters. The Morgan fingerprint density at radius 3 is 1.30 bits per heavy atom. The molecular weight excluding hydrogens is 508 g/mol. The summed E-state index contributed by atoms with van der Waals surface area (Å²) in [5.41, 5.74) is 2.60. The minimum Gasteiger partial charge on any atom is -0.452 e. The number of carbonyl (C=O) groups excluding carboxylic acids is 4. The Bertz CT molecular complexity index is 1060. The summed E-state index contributed by atoms with van der Waals surface area (Å²) in [6, 6.07) is 20.6. The van der Waals surface area contributed by atoms with Gasteiger partial charge in [0.15, 0.2) is 13.2 Å². The zero-order valence-electron chi connectivity index (χ0n) is 22.9. The van der Waals surface area contributed by atoms with E-state index in [4.69, 9.17) is 9.47 Å². The minimum absolute atomic E-state index is 0.249. The maximum Gasteiger partial charge on any atom is 0.331 e. The van der Waals surface area contributed by atoms with Gasteiger partial charge in [-0.2, -0.15) is 0 Å². The van der Waals surface area contributed by atoms with Crippen LogP contribution in [0.3, 0.4) is 0 Å². The third-order valence-electron chi connectivity index (χ3n) is 7.70. The summed E-state index contributed by atoms with van der Waals surface area (Å²) in [7, 11) is 0. The van der Waals surface area contributed by atoms with E-state index in [1.54, 1.807) is 9.80 Å². The van der Waals surface area contributed by atoms with Gasteiger partial charge >= 0.3 is 11.9 Å². The molecule has 4 rings (SSSR count). The zero-order chi connectivity index (χ0) is 28.2. The van der Waals surface area contributed by atoms with Crippen molar-refractivity contribution in [3.8, 4) is 0 Å². The van der Waals surface area contributed by atoms with E-state index in [1.807, 2.05) is 36.4 Å². The molecule has 8 heteroatoms. The zero-order valence-corrected chi connectivity index (χ0v) is 22.9. The summed E-state index contributed by atoms with van der Waals surface area (Å²) >= 11 is 0. The van der Waals surface area contributed by atoms with Gasteiger partial charge in [-0.15, -0.1) is 0 Å². The molecule has 0 N–H and O–H groups in total. The van der Waals surface area contributed by atoms with Crippen LogP contribution in [0.25, 0.3) is 0 Å². The van der Waals surface area contributed by atoms with Crippen LogP contribution in [-0.4, -0.2) is 72.9 Å². The van der Waals surface area contributed by atoms with Crippen molar-refractivity contribution in [2.24, 2.45) is 11.8 Å². The van der Waals surface area contributed by atoms with E-state index in [-0.39, 0.29) is 25.0 Å². The van der Waals surface area contributed by atoms with Crippen molar-refractivity contribution in [3.63, 3.8) is 0 Å². The van der Waals surface area contributed by atoms with Crippen molar-refractivity contribution >= 4 is 23.8 Å². The highest BCUT2D eigenvalue weighted by Crippen LogP contribution is 2.23. The Balaban J connectivity index is 1.07. The smallest absolute Gasteiger partial charge is 0.331 e. The highest BCUT2D eigenvalue weighted by atomic mass is 16.5. The van der Waals surface area contributed by atoms with Crippen molar-refractivity contribution < 1.29 is 28.7 Å². The van der Waals surface area contributed by atoms with Gasteiger partial charge in [0.25, 0.3) is 11.8 Å². The monoisotopic (exact) mass is 546 g/mol. The van der Waals surface area contributed by atoms with E-state index in [0.29, 0.717) is 38.0 Å². The van der Waals surface area contributed by atoms with Crippen LogP contribution < -0.4 is 0 Å². The Hall–Kier alpha value is -3.94. The topological polar surface area (TPSA) is 93.2 Å². The maximum atomic E-state index is 12.4. The van der Waals surface area contributed by atoms with E-state index >= 15 is 0 Å². The lowest BCUT2D eigenvalue weighted by Crippen LogP contribution is -2.41. The first-order chi connectivity index (χ1) is 19.5. The normalized spacial score (nSPS) is 16.6. The molecule has 2 aromatic carbocycles. The van der Waals surface area contributed by atoms with Gasteiger partial charge in [-0.3, -0.25) is 9.59 Å². The number of carbonyl (C=O) groups is 4. The summed E-state index contributed by atoms with van der Waals surface area (Å²) in [6.07, 6.45) is 7.46. The van der Waals surface area contributed by atoms with Gasteiger partial charge in [0.1, 0.15) is 0 Å². The highest BCUT2D eigenvalue weighted by Gasteiger charge is 2.25. The van der Waals surface area contributed by atoms with Gasteiger partial charge in [0, 0.05) is 38.3 Å². The summed E-state index contributed by atoms with van der Waals surface area (Å²) in [5, 5.41) is 0. The molecule has 212 valence electrons. The van der Waals surface area contributed by atoms with Crippen molar-refractivity contribution in [1.82, 2.24) is 9.80 Å². The van der Waals surface area contributed by atoms with Gasteiger partial charge in [-0.05, 0) is 61.5 Å². The molecule has 0 aromatic heterocycles. The van der Waals surface area contributed by atoms with Crippen LogP contribution >= 0.6 is 0 Å². The number of benzene rings is 2. The first-order valence-electron chi connectivity index (χ1n) is 14.1. The van der Waals surface area contributed by atoms with Crippen molar-refractivity contribution in [1.29, 1.82) is 0 Å². The van der Waals surface area contributed by atoms with Crippen LogP contribution in [-0.2, 0) is 41.5 Å². The van der Waals surface area contributed by atoms with Gasteiger partial charge < -0.3 is 19.3 Å². The second kappa shape index (κ2) is 15.0. The molecule has 0 bridgehead atoms. The fourth-order valence-corrected chi connectivity index (χ4v) is 5.35. The standard InChI is InChI=1S/C32H38N2O6/c35-29(33-17-13-27(14-18-33)21-25-7-3-1-4-8-25)23-39-31(37)11-12-32(38)40-24-30(36)34-19-15-28(16-20-34)22-26-9-5-2-6-10-26/h1-12,27-28H,13-24H2. The Morgan fingerprint density at radius 2 is 0.950 bits per heavy atom. The van der Waals surface area contributed by atoms with E-state index in [1.165, 1.54) is 11.1 Å². The quantitative estimate of drug-likeness (QED) is 0.334. The number of esters is 2. The molecule has 2 saturated heterocycles. The third kappa shape index (κ3) is 9.36. The first kappa shape index (κ1) is 29.1.